The largest absolute Gasteiger partial charge is 0.450 e. The molecule has 0 aliphatic rings. The summed E-state index contributed by atoms with van der Waals surface area (Å²) in [5, 5.41) is 10.4. The lowest BCUT2D eigenvalue weighted by atomic mass is 10.0. The highest BCUT2D eigenvalue weighted by molar-refractivity contribution is 5.95. The van der Waals surface area contributed by atoms with E-state index in [2.05, 4.69) is 21.3 Å². The van der Waals surface area contributed by atoms with Crippen molar-refractivity contribution in [2.75, 3.05) is 13.2 Å². The second kappa shape index (κ2) is 17.8. The van der Waals surface area contributed by atoms with Crippen LogP contribution in [0.1, 0.15) is 58.9 Å². The van der Waals surface area contributed by atoms with E-state index in [1.807, 2.05) is 44.2 Å². The van der Waals surface area contributed by atoms with Crippen LogP contribution in [0.25, 0.3) is 0 Å². The second-order valence-electron chi connectivity index (χ2n) is 9.78. The van der Waals surface area contributed by atoms with Crippen molar-refractivity contribution in [3.8, 4) is 0 Å². The Bertz CT molecular complexity index is 942. The SMILES string of the molecule is CCOC(=O)N[C@@H](Cc1ccccc1)C(=O)N[C@@H](CCCCN)C(=O)N[C@@H](C)C(=O)N[C@@H](CC(C)C)C(N)=O. The third kappa shape index (κ3) is 13.1. The van der Waals surface area contributed by atoms with Gasteiger partial charge in [0.25, 0.3) is 0 Å². The van der Waals surface area contributed by atoms with E-state index in [0.29, 0.717) is 25.8 Å². The van der Waals surface area contributed by atoms with Crippen molar-refractivity contribution < 1.29 is 28.7 Å². The Morgan fingerprint density at radius 1 is 0.821 bits per heavy atom. The maximum atomic E-state index is 13.3. The lowest BCUT2D eigenvalue weighted by Gasteiger charge is -2.25. The molecule has 1 aromatic carbocycles. The maximum absolute atomic E-state index is 13.3. The number of unbranched alkanes of at least 4 members (excludes halogenated alkanes) is 1. The fourth-order valence-corrected chi connectivity index (χ4v) is 3.80. The lowest BCUT2D eigenvalue weighted by molar-refractivity contribution is -0.133. The molecule has 0 spiro atoms. The number of carbonyl (C=O) groups excluding carboxylic acids is 5. The summed E-state index contributed by atoms with van der Waals surface area (Å²) in [6, 6.07) is 5.22. The molecule has 4 atom stereocenters. The second-order valence-corrected chi connectivity index (χ2v) is 9.78. The zero-order valence-corrected chi connectivity index (χ0v) is 23.3. The minimum absolute atomic E-state index is 0.113. The van der Waals surface area contributed by atoms with Crippen LogP contribution < -0.4 is 32.7 Å². The Labute approximate surface area is 230 Å². The van der Waals surface area contributed by atoms with Gasteiger partial charge in [0.15, 0.2) is 0 Å². The molecule has 0 aliphatic carbocycles. The predicted octanol–water partition coefficient (Wildman–Crippen LogP) is 0.479. The van der Waals surface area contributed by atoms with Gasteiger partial charge in [0.1, 0.15) is 24.2 Å². The third-order valence-electron chi connectivity index (χ3n) is 5.87. The number of amides is 5. The maximum Gasteiger partial charge on any atom is 0.407 e. The van der Waals surface area contributed by atoms with Crippen molar-refractivity contribution in [3.63, 3.8) is 0 Å². The average molecular weight is 549 g/mol. The lowest BCUT2D eigenvalue weighted by Crippen LogP contribution is -2.57. The molecule has 0 fully saturated rings. The Balaban J connectivity index is 2.99. The van der Waals surface area contributed by atoms with Crippen LogP contribution in [0.15, 0.2) is 30.3 Å². The summed E-state index contributed by atoms with van der Waals surface area (Å²) in [6.45, 7) is 7.44. The fourth-order valence-electron chi connectivity index (χ4n) is 3.80. The Kier molecular flexibility index (Phi) is 15.2. The smallest absolute Gasteiger partial charge is 0.407 e. The first-order valence-electron chi connectivity index (χ1n) is 13.4. The molecule has 1 aromatic rings. The number of primary amides is 1. The average Bonchev–Trinajstić information content (AvgIpc) is 2.87. The fraction of sp³-hybridized carbons (Fsp3) is 0.593. The van der Waals surface area contributed by atoms with Crippen LogP contribution in [0.5, 0.6) is 0 Å². The van der Waals surface area contributed by atoms with Crippen LogP contribution >= 0.6 is 0 Å². The number of nitrogens with one attached hydrogen (secondary N) is 4. The van der Waals surface area contributed by atoms with Crippen LogP contribution in [0, 0.1) is 5.92 Å². The number of ether oxygens (including phenoxy) is 1. The zero-order valence-electron chi connectivity index (χ0n) is 23.3. The van der Waals surface area contributed by atoms with E-state index in [4.69, 9.17) is 16.2 Å². The van der Waals surface area contributed by atoms with Crippen LogP contribution in [0.3, 0.4) is 0 Å². The summed E-state index contributed by atoms with van der Waals surface area (Å²) < 4.78 is 4.94. The number of alkyl carbamates (subject to hydrolysis) is 1. The van der Waals surface area contributed by atoms with E-state index >= 15 is 0 Å². The molecule has 0 unspecified atom stereocenters. The van der Waals surface area contributed by atoms with Gasteiger partial charge in [-0.2, -0.15) is 0 Å². The molecule has 0 aliphatic heterocycles. The summed E-state index contributed by atoms with van der Waals surface area (Å²) in [5.74, 6) is -2.30. The number of nitrogens with two attached hydrogens (primary N) is 2. The van der Waals surface area contributed by atoms with Gasteiger partial charge >= 0.3 is 6.09 Å². The summed E-state index contributed by atoms with van der Waals surface area (Å²) in [7, 11) is 0. The van der Waals surface area contributed by atoms with Gasteiger partial charge < -0.3 is 37.5 Å². The van der Waals surface area contributed by atoms with E-state index in [0.717, 1.165) is 5.56 Å². The molecule has 12 heteroatoms. The number of benzene rings is 1. The number of carbonyl (C=O) groups is 5. The Morgan fingerprint density at radius 3 is 2.00 bits per heavy atom. The normalized spacial score (nSPS) is 13.9. The first-order chi connectivity index (χ1) is 18.5. The van der Waals surface area contributed by atoms with Gasteiger partial charge in [-0.25, -0.2) is 4.79 Å². The monoisotopic (exact) mass is 548 g/mol. The molecule has 0 radical (unpaired) electrons. The van der Waals surface area contributed by atoms with Gasteiger partial charge in [-0.3, -0.25) is 19.2 Å². The molecule has 0 heterocycles. The summed E-state index contributed by atoms with van der Waals surface area (Å²) >= 11 is 0. The van der Waals surface area contributed by atoms with Crippen molar-refractivity contribution in [1.82, 2.24) is 21.3 Å². The van der Waals surface area contributed by atoms with Gasteiger partial charge in [-0.15, -0.1) is 0 Å². The summed E-state index contributed by atoms with van der Waals surface area (Å²) in [6.07, 6.45) is 1.20. The van der Waals surface area contributed by atoms with Crippen LogP contribution in [-0.2, 0) is 30.3 Å². The molecule has 12 nitrogen and oxygen atoms in total. The highest BCUT2D eigenvalue weighted by Gasteiger charge is 2.29. The number of rotatable bonds is 17. The summed E-state index contributed by atoms with van der Waals surface area (Å²) in [5.41, 5.74) is 11.8. The molecule has 218 valence electrons. The van der Waals surface area contributed by atoms with Gasteiger partial charge in [-0.1, -0.05) is 44.2 Å². The van der Waals surface area contributed by atoms with Gasteiger partial charge in [0, 0.05) is 6.42 Å². The van der Waals surface area contributed by atoms with E-state index < -0.39 is 53.9 Å². The molecule has 5 amide bonds. The topological polar surface area (TPSA) is 195 Å². The highest BCUT2D eigenvalue weighted by atomic mass is 16.5. The van der Waals surface area contributed by atoms with Crippen molar-refractivity contribution in [2.24, 2.45) is 17.4 Å². The quantitative estimate of drug-likeness (QED) is 0.152. The van der Waals surface area contributed by atoms with E-state index in [1.54, 1.807) is 6.92 Å². The van der Waals surface area contributed by atoms with Crippen LogP contribution in [0.2, 0.25) is 0 Å². The van der Waals surface area contributed by atoms with Crippen molar-refractivity contribution in [2.45, 2.75) is 84.0 Å². The molecule has 1 rings (SSSR count). The number of hydrogen-bond donors (Lipinski definition) is 6. The number of hydrogen-bond acceptors (Lipinski definition) is 7. The summed E-state index contributed by atoms with van der Waals surface area (Å²) in [4.78, 5) is 62.9. The van der Waals surface area contributed by atoms with E-state index in [1.165, 1.54) is 6.92 Å². The van der Waals surface area contributed by atoms with E-state index in [9.17, 15) is 24.0 Å². The highest BCUT2D eigenvalue weighted by Crippen LogP contribution is 2.08. The molecule has 8 N–H and O–H groups in total. The van der Waals surface area contributed by atoms with Gasteiger partial charge in [-0.05, 0) is 57.6 Å². The third-order valence-corrected chi connectivity index (χ3v) is 5.87. The molecule has 39 heavy (non-hydrogen) atoms. The molecule has 0 saturated carbocycles. The van der Waals surface area contributed by atoms with Crippen LogP contribution in [-0.4, -0.2) is 67.0 Å². The van der Waals surface area contributed by atoms with Crippen molar-refractivity contribution >= 4 is 29.7 Å². The molecular weight excluding hydrogens is 504 g/mol. The first kappa shape index (κ1) is 33.4. The van der Waals surface area contributed by atoms with Crippen LogP contribution in [0.4, 0.5) is 4.79 Å². The van der Waals surface area contributed by atoms with Crippen molar-refractivity contribution in [1.29, 1.82) is 0 Å². The molecular formula is C27H44N6O6. The zero-order chi connectivity index (χ0) is 29.4. The standard InChI is InChI=1S/C27H44N6O6/c1-5-39-27(38)33-22(16-19-11-7-6-8-12-19)26(37)31-20(13-9-10-14-28)25(36)30-18(4)24(35)32-21(23(29)34)15-17(2)3/h6-8,11-12,17-18,20-22H,5,9-10,13-16,28H2,1-4H3,(H2,29,34)(H,30,36)(H,31,37)(H,32,35)(H,33,38)/t18-,20-,21-,22-/m0/s1. The Morgan fingerprint density at radius 2 is 1.44 bits per heavy atom. The Hall–Kier alpha value is -3.67. The molecule has 0 saturated heterocycles. The molecule has 0 bridgehead atoms. The van der Waals surface area contributed by atoms with Gasteiger partial charge in [0.05, 0.1) is 6.61 Å². The predicted molar refractivity (Wildman–Crippen MR) is 147 cm³/mol. The van der Waals surface area contributed by atoms with E-state index in [-0.39, 0.29) is 25.4 Å². The van der Waals surface area contributed by atoms with Gasteiger partial charge in [0.2, 0.25) is 23.6 Å². The molecule has 0 aromatic heterocycles. The van der Waals surface area contributed by atoms with Crippen molar-refractivity contribution in [3.05, 3.63) is 35.9 Å². The first-order valence-corrected chi connectivity index (χ1v) is 13.4. The minimum atomic E-state index is -1.01. The minimum Gasteiger partial charge on any atom is -0.450 e.